The van der Waals surface area contributed by atoms with E-state index in [4.69, 9.17) is 0 Å². The lowest BCUT2D eigenvalue weighted by Crippen LogP contribution is -2.44. The van der Waals surface area contributed by atoms with Crippen LogP contribution in [-0.4, -0.2) is 29.9 Å². The molecule has 1 amide bonds. The Morgan fingerprint density at radius 3 is 2.32 bits per heavy atom. The minimum Gasteiger partial charge on any atom is -0.341 e. The molecule has 1 aliphatic heterocycles. The number of nitrogens with zero attached hydrogens (tertiary/aromatic N) is 1. The number of likely N-dealkylation sites (tertiary alicyclic amines) is 1. The van der Waals surface area contributed by atoms with Crippen LogP contribution in [0.5, 0.6) is 0 Å². The minimum atomic E-state index is -0.116. The van der Waals surface area contributed by atoms with Crippen LogP contribution >= 0.6 is 0 Å². The summed E-state index contributed by atoms with van der Waals surface area (Å²) in [6, 6.07) is 8.55. The van der Waals surface area contributed by atoms with E-state index in [1.807, 2.05) is 11.8 Å². The third-order valence-corrected chi connectivity index (χ3v) is 3.87. The normalized spacial score (nSPS) is 18.4. The van der Waals surface area contributed by atoms with Crippen LogP contribution in [0.15, 0.2) is 24.3 Å². The minimum absolute atomic E-state index is 0.116. The second kappa shape index (κ2) is 6.20. The summed E-state index contributed by atoms with van der Waals surface area (Å²) < 4.78 is 0. The van der Waals surface area contributed by atoms with Crippen LogP contribution in [0.25, 0.3) is 0 Å². The van der Waals surface area contributed by atoms with Crippen molar-refractivity contribution in [1.82, 2.24) is 10.2 Å². The van der Waals surface area contributed by atoms with Crippen LogP contribution in [0.4, 0.5) is 0 Å². The highest BCUT2D eigenvalue weighted by Crippen LogP contribution is 2.15. The molecule has 1 fully saturated rings. The van der Waals surface area contributed by atoms with Crippen LogP contribution in [0.2, 0.25) is 0 Å². The summed E-state index contributed by atoms with van der Waals surface area (Å²) in [6.07, 6.45) is 2.29. The SMILES string of the molecule is Cc1ccc([C@@H](C)NC(C)C(=O)N2CCCC2)cc1. The molecular weight excluding hydrogens is 236 g/mol. The van der Waals surface area contributed by atoms with Crippen molar-refractivity contribution in [2.24, 2.45) is 0 Å². The monoisotopic (exact) mass is 260 g/mol. The molecular formula is C16H24N2O. The fourth-order valence-corrected chi connectivity index (χ4v) is 2.61. The number of rotatable bonds is 4. The summed E-state index contributed by atoms with van der Waals surface area (Å²) in [4.78, 5) is 14.2. The van der Waals surface area contributed by atoms with Crippen LogP contribution in [0.3, 0.4) is 0 Å². The Kier molecular flexibility index (Phi) is 4.59. The quantitative estimate of drug-likeness (QED) is 0.902. The fraction of sp³-hybridized carbons (Fsp3) is 0.562. The first-order chi connectivity index (χ1) is 9.08. The van der Waals surface area contributed by atoms with E-state index in [1.54, 1.807) is 0 Å². The Balaban J connectivity index is 1.92. The van der Waals surface area contributed by atoms with E-state index in [0.29, 0.717) is 0 Å². The van der Waals surface area contributed by atoms with E-state index in [0.717, 1.165) is 25.9 Å². The molecule has 0 saturated carbocycles. The van der Waals surface area contributed by atoms with E-state index in [1.165, 1.54) is 11.1 Å². The van der Waals surface area contributed by atoms with Gasteiger partial charge in [-0.25, -0.2) is 0 Å². The van der Waals surface area contributed by atoms with E-state index in [2.05, 4.69) is 43.4 Å². The number of amides is 1. The van der Waals surface area contributed by atoms with Gasteiger partial charge >= 0.3 is 0 Å². The molecule has 1 aromatic rings. The third-order valence-electron chi connectivity index (χ3n) is 3.87. The summed E-state index contributed by atoms with van der Waals surface area (Å²) in [5, 5.41) is 3.40. The van der Waals surface area contributed by atoms with Crippen molar-refractivity contribution in [2.75, 3.05) is 13.1 Å². The van der Waals surface area contributed by atoms with Gasteiger partial charge in [0.2, 0.25) is 5.91 Å². The summed E-state index contributed by atoms with van der Waals surface area (Å²) in [7, 11) is 0. The highest BCUT2D eigenvalue weighted by Gasteiger charge is 2.24. The maximum atomic E-state index is 12.2. The average molecular weight is 260 g/mol. The lowest BCUT2D eigenvalue weighted by Gasteiger charge is -2.24. The Bertz CT molecular complexity index is 421. The van der Waals surface area contributed by atoms with Crippen LogP contribution < -0.4 is 5.32 Å². The van der Waals surface area contributed by atoms with Crippen molar-refractivity contribution in [3.8, 4) is 0 Å². The van der Waals surface area contributed by atoms with Gasteiger partial charge in [-0.05, 0) is 39.2 Å². The summed E-state index contributed by atoms with van der Waals surface area (Å²) in [6.45, 7) is 8.00. The van der Waals surface area contributed by atoms with E-state index >= 15 is 0 Å². The highest BCUT2D eigenvalue weighted by atomic mass is 16.2. The van der Waals surface area contributed by atoms with Crippen LogP contribution in [0.1, 0.15) is 43.9 Å². The van der Waals surface area contributed by atoms with Gasteiger partial charge in [0.15, 0.2) is 0 Å². The number of carbonyl (C=O) groups excluding carboxylic acids is 1. The lowest BCUT2D eigenvalue weighted by atomic mass is 10.1. The lowest BCUT2D eigenvalue weighted by molar-refractivity contribution is -0.132. The molecule has 1 aliphatic rings. The summed E-state index contributed by atoms with van der Waals surface area (Å²) in [5.74, 6) is 0.233. The van der Waals surface area contributed by atoms with Gasteiger partial charge in [0.25, 0.3) is 0 Å². The molecule has 19 heavy (non-hydrogen) atoms. The number of aryl methyl sites for hydroxylation is 1. The smallest absolute Gasteiger partial charge is 0.239 e. The van der Waals surface area contributed by atoms with E-state index < -0.39 is 0 Å². The first kappa shape index (κ1) is 14.1. The summed E-state index contributed by atoms with van der Waals surface area (Å²) in [5.41, 5.74) is 2.49. The van der Waals surface area contributed by atoms with Gasteiger partial charge in [0, 0.05) is 19.1 Å². The number of hydrogen-bond acceptors (Lipinski definition) is 2. The predicted octanol–water partition coefficient (Wildman–Crippen LogP) is 2.66. The Morgan fingerprint density at radius 1 is 1.16 bits per heavy atom. The van der Waals surface area contributed by atoms with Crippen molar-refractivity contribution < 1.29 is 4.79 Å². The molecule has 1 unspecified atom stereocenters. The second-order valence-electron chi connectivity index (χ2n) is 5.55. The molecule has 0 aromatic heterocycles. The Morgan fingerprint density at radius 2 is 1.74 bits per heavy atom. The number of nitrogens with one attached hydrogen (secondary N) is 1. The molecule has 2 rings (SSSR count). The van der Waals surface area contributed by atoms with Gasteiger partial charge in [-0.1, -0.05) is 29.8 Å². The van der Waals surface area contributed by atoms with Crippen molar-refractivity contribution in [2.45, 2.75) is 45.7 Å². The zero-order chi connectivity index (χ0) is 13.8. The Labute approximate surface area is 116 Å². The van der Waals surface area contributed by atoms with Gasteiger partial charge in [0.05, 0.1) is 6.04 Å². The standard InChI is InChI=1S/C16H24N2O/c1-12-6-8-15(9-7-12)13(2)17-14(3)16(19)18-10-4-5-11-18/h6-9,13-14,17H,4-5,10-11H2,1-3H3/t13-,14?/m1/s1. The van der Waals surface area contributed by atoms with Gasteiger partial charge in [-0.3, -0.25) is 10.1 Å². The Hall–Kier alpha value is -1.35. The maximum Gasteiger partial charge on any atom is 0.239 e. The molecule has 2 atom stereocenters. The second-order valence-corrected chi connectivity index (χ2v) is 5.55. The number of carbonyl (C=O) groups is 1. The zero-order valence-electron chi connectivity index (χ0n) is 12.1. The molecule has 3 nitrogen and oxygen atoms in total. The van der Waals surface area contributed by atoms with Gasteiger partial charge in [0.1, 0.15) is 0 Å². The molecule has 0 bridgehead atoms. The predicted molar refractivity (Wildman–Crippen MR) is 78.0 cm³/mol. The van der Waals surface area contributed by atoms with Crippen molar-refractivity contribution in [3.05, 3.63) is 35.4 Å². The van der Waals surface area contributed by atoms with Crippen molar-refractivity contribution in [3.63, 3.8) is 0 Å². The molecule has 104 valence electrons. The number of benzene rings is 1. The van der Waals surface area contributed by atoms with Crippen LogP contribution in [-0.2, 0) is 4.79 Å². The molecule has 3 heteroatoms. The fourth-order valence-electron chi connectivity index (χ4n) is 2.61. The van der Waals surface area contributed by atoms with Gasteiger partial charge in [-0.2, -0.15) is 0 Å². The molecule has 1 saturated heterocycles. The van der Waals surface area contributed by atoms with Crippen molar-refractivity contribution >= 4 is 5.91 Å². The zero-order valence-corrected chi connectivity index (χ0v) is 12.1. The summed E-state index contributed by atoms with van der Waals surface area (Å²) >= 11 is 0. The molecule has 1 heterocycles. The average Bonchev–Trinajstić information content (AvgIpc) is 2.92. The topological polar surface area (TPSA) is 32.3 Å². The first-order valence-electron chi connectivity index (χ1n) is 7.19. The first-order valence-corrected chi connectivity index (χ1v) is 7.19. The van der Waals surface area contributed by atoms with E-state index in [9.17, 15) is 4.79 Å². The highest BCUT2D eigenvalue weighted by molar-refractivity contribution is 5.81. The molecule has 0 aliphatic carbocycles. The molecule has 0 spiro atoms. The van der Waals surface area contributed by atoms with Gasteiger partial charge < -0.3 is 4.90 Å². The van der Waals surface area contributed by atoms with Gasteiger partial charge in [-0.15, -0.1) is 0 Å². The molecule has 0 radical (unpaired) electrons. The number of hydrogen-bond donors (Lipinski definition) is 1. The maximum absolute atomic E-state index is 12.2. The third kappa shape index (κ3) is 3.57. The van der Waals surface area contributed by atoms with Crippen LogP contribution in [0, 0.1) is 6.92 Å². The largest absolute Gasteiger partial charge is 0.341 e. The van der Waals surface area contributed by atoms with Crippen molar-refractivity contribution in [1.29, 1.82) is 0 Å². The molecule has 1 aromatic carbocycles. The van der Waals surface area contributed by atoms with E-state index in [-0.39, 0.29) is 18.0 Å². The molecule has 1 N–H and O–H groups in total.